The van der Waals surface area contributed by atoms with Gasteiger partial charge in [-0.2, -0.15) is 0 Å². The summed E-state index contributed by atoms with van der Waals surface area (Å²) in [4.78, 5) is 17.8. The van der Waals surface area contributed by atoms with Gasteiger partial charge in [0, 0.05) is 31.7 Å². The Hall–Kier alpha value is -0.650. The van der Waals surface area contributed by atoms with Gasteiger partial charge in [-0.15, -0.1) is 0 Å². The topological polar surface area (TPSA) is 44.8 Å². The summed E-state index contributed by atoms with van der Waals surface area (Å²) in [5.41, 5.74) is -0.375. The minimum absolute atomic E-state index is 0.0249. The van der Waals surface area contributed by atoms with Crippen LogP contribution < -0.4 is 5.32 Å². The van der Waals surface area contributed by atoms with Crippen molar-refractivity contribution in [2.24, 2.45) is 0 Å². The van der Waals surface area contributed by atoms with E-state index in [2.05, 4.69) is 22.2 Å². The molecule has 2 bridgehead atoms. The van der Waals surface area contributed by atoms with E-state index in [1.807, 2.05) is 6.92 Å². The van der Waals surface area contributed by atoms with Crippen LogP contribution in [0.3, 0.4) is 0 Å². The van der Waals surface area contributed by atoms with Crippen molar-refractivity contribution >= 4 is 5.97 Å². The first-order chi connectivity index (χ1) is 10.2. The summed E-state index contributed by atoms with van der Waals surface area (Å²) in [5.74, 6) is 0.0249. The van der Waals surface area contributed by atoms with Crippen molar-refractivity contribution in [2.45, 2.75) is 56.7 Å². The number of carbonyl (C=O) groups excluding carboxylic acids is 1. The van der Waals surface area contributed by atoms with Gasteiger partial charge in [-0.25, -0.2) is 0 Å². The molecular formula is C16H29N3O2. The van der Waals surface area contributed by atoms with E-state index in [-0.39, 0.29) is 11.5 Å². The van der Waals surface area contributed by atoms with Crippen LogP contribution in [0, 0.1) is 0 Å². The van der Waals surface area contributed by atoms with E-state index in [1.165, 1.54) is 12.8 Å². The van der Waals surface area contributed by atoms with Crippen LogP contribution in [-0.2, 0) is 9.53 Å². The van der Waals surface area contributed by atoms with Crippen LogP contribution in [0.25, 0.3) is 0 Å². The zero-order chi connectivity index (χ0) is 14.9. The zero-order valence-electron chi connectivity index (χ0n) is 13.4. The molecule has 5 heteroatoms. The maximum atomic E-state index is 12.9. The number of esters is 1. The third-order valence-electron chi connectivity index (χ3n) is 5.73. The molecule has 2 atom stereocenters. The van der Waals surface area contributed by atoms with Gasteiger partial charge >= 0.3 is 5.97 Å². The fraction of sp³-hybridized carbons (Fsp3) is 0.938. The monoisotopic (exact) mass is 295 g/mol. The number of piperidine rings is 1. The number of fused-ring (bicyclic) bond motifs is 2. The molecule has 2 unspecified atom stereocenters. The average molecular weight is 295 g/mol. The minimum atomic E-state index is -0.375. The molecule has 3 heterocycles. The lowest BCUT2D eigenvalue weighted by Crippen LogP contribution is -2.63. The van der Waals surface area contributed by atoms with Gasteiger partial charge in [-0.1, -0.05) is 0 Å². The molecule has 3 aliphatic heterocycles. The largest absolute Gasteiger partial charge is 0.465 e. The second-order valence-corrected chi connectivity index (χ2v) is 6.80. The summed E-state index contributed by atoms with van der Waals surface area (Å²) in [6.45, 7) is 6.41. The maximum absolute atomic E-state index is 12.9. The first-order valence-corrected chi connectivity index (χ1v) is 8.52. The van der Waals surface area contributed by atoms with E-state index in [4.69, 9.17) is 4.74 Å². The Balaban J connectivity index is 1.86. The number of ether oxygens (including phenoxy) is 1. The number of nitrogens with one attached hydrogen (secondary N) is 1. The molecule has 120 valence electrons. The van der Waals surface area contributed by atoms with Gasteiger partial charge < -0.3 is 15.0 Å². The number of hydrogen-bond acceptors (Lipinski definition) is 5. The van der Waals surface area contributed by atoms with Crippen LogP contribution in [0.4, 0.5) is 0 Å². The molecule has 0 aromatic heterocycles. The average Bonchev–Trinajstić information content (AvgIpc) is 2.75. The molecule has 0 saturated carbocycles. The zero-order valence-corrected chi connectivity index (χ0v) is 13.4. The number of rotatable bonds is 3. The molecule has 3 saturated heterocycles. The Bertz CT molecular complexity index is 366. The fourth-order valence-electron chi connectivity index (χ4n) is 4.54. The van der Waals surface area contributed by atoms with E-state index in [0.717, 1.165) is 45.4 Å². The van der Waals surface area contributed by atoms with Gasteiger partial charge in [0.05, 0.1) is 6.61 Å². The Morgan fingerprint density at radius 1 is 1.24 bits per heavy atom. The van der Waals surface area contributed by atoms with Crippen LogP contribution in [0.1, 0.15) is 39.0 Å². The van der Waals surface area contributed by atoms with Crippen molar-refractivity contribution in [2.75, 3.05) is 39.8 Å². The smallest absolute Gasteiger partial charge is 0.326 e. The summed E-state index contributed by atoms with van der Waals surface area (Å²) < 4.78 is 5.52. The predicted octanol–water partition coefficient (Wildman–Crippen LogP) is 0.840. The van der Waals surface area contributed by atoms with Gasteiger partial charge in [0.2, 0.25) is 0 Å². The first-order valence-electron chi connectivity index (χ1n) is 8.52. The van der Waals surface area contributed by atoms with Crippen molar-refractivity contribution in [3.05, 3.63) is 0 Å². The van der Waals surface area contributed by atoms with Crippen LogP contribution in [0.5, 0.6) is 0 Å². The van der Waals surface area contributed by atoms with Crippen molar-refractivity contribution in [3.8, 4) is 0 Å². The molecule has 0 aromatic rings. The normalized spacial score (nSPS) is 38.2. The van der Waals surface area contributed by atoms with Crippen LogP contribution in [0.15, 0.2) is 0 Å². The van der Waals surface area contributed by atoms with E-state index in [1.54, 1.807) is 0 Å². The molecule has 1 N–H and O–H groups in total. The Morgan fingerprint density at radius 2 is 1.95 bits per heavy atom. The molecule has 21 heavy (non-hydrogen) atoms. The summed E-state index contributed by atoms with van der Waals surface area (Å²) in [7, 11) is 2.22. The SMILES string of the molecule is CCOC(=O)C1(N2CCCNCC2)CC2CCC(C1)N2C. The van der Waals surface area contributed by atoms with Gasteiger partial charge in [-0.05, 0) is 52.6 Å². The summed E-state index contributed by atoms with van der Waals surface area (Å²) in [6.07, 6.45) is 5.47. The number of hydrogen-bond donors (Lipinski definition) is 1. The van der Waals surface area contributed by atoms with Crippen molar-refractivity contribution in [1.82, 2.24) is 15.1 Å². The summed E-state index contributed by atoms with van der Waals surface area (Å²) >= 11 is 0. The molecule has 3 aliphatic rings. The van der Waals surface area contributed by atoms with Crippen LogP contribution in [-0.4, -0.2) is 73.2 Å². The van der Waals surface area contributed by atoms with Gasteiger partial charge in [0.15, 0.2) is 0 Å². The van der Waals surface area contributed by atoms with Gasteiger partial charge in [0.1, 0.15) is 5.54 Å². The lowest BCUT2D eigenvalue weighted by Gasteiger charge is -2.49. The first kappa shape index (κ1) is 15.3. The second kappa shape index (κ2) is 6.23. The number of nitrogens with zero attached hydrogens (tertiary/aromatic N) is 2. The second-order valence-electron chi connectivity index (χ2n) is 6.80. The van der Waals surface area contributed by atoms with Crippen LogP contribution in [0.2, 0.25) is 0 Å². The van der Waals surface area contributed by atoms with Crippen molar-refractivity contribution < 1.29 is 9.53 Å². The molecule has 5 nitrogen and oxygen atoms in total. The van der Waals surface area contributed by atoms with E-state index >= 15 is 0 Å². The fourth-order valence-corrected chi connectivity index (χ4v) is 4.54. The highest BCUT2D eigenvalue weighted by Gasteiger charge is 2.54. The predicted molar refractivity (Wildman–Crippen MR) is 82.2 cm³/mol. The van der Waals surface area contributed by atoms with Crippen molar-refractivity contribution in [3.63, 3.8) is 0 Å². The molecule has 0 spiro atoms. The highest BCUT2D eigenvalue weighted by molar-refractivity contribution is 5.81. The standard InChI is InChI=1S/C16H29N3O2/c1-3-21-15(20)16(19-9-4-7-17-8-10-19)11-13-5-6-14(12-16)18(13)2/h13-14,17H,3-12H2,1-2H3. The molecule has 0 amide bonds. The van der Waals surface area contributed by atoms with E-state index < -0.39 is 0 Å². The maximum Gasteiger partial charge on any atom is 0.326 e. The lowest BCUT2D eigenvalue weighted by atomic mass is 9.81. The third-order valence-corrected chi connectivity index (χ3v) is 5.73. The Morgan fingerprint density at radius 3 is 2.62 bits per heavy atom. The van der Waals surface area contributed by atoms with E-state index in [9.17, 15) is 4.79 Å². The molecular weight excluding hydrogens is 266 g/mol. The molecule has 0 aromatic carbocycles. The van der Waals surface area contributed by atoms with Crippen LogP contribution >= 0.6 is 0 Å². The third kappa shape index (κ3) is 2.71. The lowest BCUT2D eigenvalue weighted by molar-refractivity contribution is -0.163. The van der Waals surface area contributed by atoms with Gasteiger partial charge in [0.25, 0.3) is 0 Å². The Labute approximate surface area is 128 Å². The molecule has 3 rings (SSSR count). The molecule has 0 radical (unpaired) electrons. The highest BCUT2D eigenvalue weighted by atomic mass is 16.5. The van der Waals surface area contributed by atoms with Gasteiger partial charge in [-0.3, -0.25) is 9.69 Å². The molecule has 0 aliphatic carbocycles. The molecule has 3 fully saturated rings. The highest BCUT2D eigenvalue weighted by Crippen LogP contribution is 2.43. The quantitative estimate of drug-likeness (QED) is 0.782. The van der Waals surface area contributed by atoms with Crippen molar-refractivity contribution in [1.29, 1.82) is 0 Å². The Kier molecular flexibility index (Phi) is 4.52. The summed E-state index contributed by atoms with van der Waals surface area (Å²) in [5, 5.41) is 3.45. The summed E-state index contributed by atoms with van der Waals surface area (Å²) in [6, 6.07) is 1.09. The van der Waals surface area contributed by atoms with E-state index in [0.29, 0.717) is 18.7 Å². The minimum Gasteiger partial charge on any atom is -0.465 e. The number of carbonyl (C=O) groups is 1.